The molecule has 0 amide bonds. The molecule has 0 fully saturated rings. The van der Waals surface area contributed by atoms with Gasteiger partial charge in [-0.15, -0.1) is 0 Å². The summed E-state index contributed by atoms with van der Waals surface area (Å²) in [7, 11) is -4.02. The monoisotopic (exact) mass is 214 g/mol. The summed E-state index contributed by atoms with van der Waals surface area (Å²) in [4.78, 5) is 18.3. The molecule has 1 aromatic carbocycles. The first kappa shape index (κ1) is 11.4. The summed E-state index contributed by atoms with van der Waals surface area (Å²) in [6, 6.07) is 7.32. The van der Waals surface area contributed by atoms with Crippen LogP contribution >= 0.6 is 7.60 Å². The molecule has 0 aliphatic rings. The average Bonchev–Trinajstić information content (AvgIpc) is 2.07. The number of hydrogen-bond acceptors (Lipinski definition) is 1. The van der Waals surface area contributed by atoms with Gasteiger partial charge in [0.2, 0.25) is 0 Å². The summed E-state index contributed by atoms with van der Waals surface area (Å²) < 4.78 is 11.2. The lowest BCUT2D eigenvalue weighted by molar-refractivity contribution is 0.357. The van der Waals surface area contributed by atoms with Crippen LogP contribution in [0.1, 0.15) is 30.1 Å². The Labute approximate surface area is 83.9 Å². The van der Waals surface area contributed by atoms with Gasteiger partial charge in [-0.1, -0.05) is 31.2 Å². The second-order valence-corrected chi connectivity index (χ2v) is 5.17. The van der Waals surface area contributed by atoms with Crippen molar-refractivity contribution in [2.45, 2.75) is 25.9 Å². The summed E-state index contributed by atoms with van der Waals surface area (Å²) in [5.74, 6) is 0. The van der Waals surface area contributed by atoms with Crippen LogP contribution in [-0.4, -0.2) is 9.79 Å². The molecule has 0 saturated carbocycles. The Bertz CT molecular complexity index is 356. The lowest BCUT2D eigenvalue weighted by Crippen LogP contribution is -2.00. The average molecular weight is 214 g/mol. The molecule has 0 heterocycles. The van der Waals surface area contributed by atoms with Gasteiger partial charge >= 0.3 is 7.60 Å². The van der Waals surface area contributed by atoms with E-state index in [0.29, 0.717) is 6.42 Å². The minimum atomic E-state index is -4.02. The van der Waals surface area contributed by atoms with Crippen molar-refractivity contribution in [2.24, 2.45) is 0 Å². The largest absolute Gasteiger partial charge is 0.332 e. The normalized spacial score (nSPS) is 14.0. The molecule has 3 nitrogen and oxygen atoms in total. The van der Waals surface area contributed by atoms with Gasteiger partial charge in [0.1, 0.15) is 0 Å². The Morgan fingerprint density at radius 3 is 2.36 bits per heavy atom. The highest BCUT2D eigenvalue weighted by Gasteiger charge is 2.29. The Kier molecular flexibility index (Phi) is 3.48. The molecule has 0 spiro atoms. The van der Waals surface area contributed by atoms with Gasteiger partial charge in [-0.3, -0.25) is 4.57 Å². The molecular formula is C10H15O3P. The molecule has 14 heavy (non-hydrogen) atoms. The molecule has 0 bridgehead atoms. The summed E-state index contributed by atoms with van der Waals surface area (Å²) in [5, 5.41) is 0. The minimum absolute atomic E-state index is 0.454. The highest BCUT2D eigenvalue weighted by Crippen LogP contribution is 2.54. The second kappa shape index (κ2) is 4.26. The fourth-order valence-electron chi connectivity index (χ4n) is 1.60. The third kappa shape index (κ3) is 2.44. The summed E-state index contributed by atoms with van der Waals surface area (Å²) in [6.07, 6.45) is 0.454. The van der Waals surface area contributed by atoms with Crippen molar-refractivity contribution in [3.63, 3.8) is 0 Å². The third-order valence-electron chi connectivity index (χ3n) is 2.34. The van der Waals surface area contributed by atoms with E-state index in [2.05, 4.69) is 0 Å². The van der Waals surface area contributed by atoms with E-state index >= 15 is 0 Å². The highest BCUT2D eigenvalue weighted by molar-refractivity contribution is 7.52. The molecule has 1 rings (SSSR count). The molecule has 1 aromatic rings. The summed E-state index contributed by atoms with van der Waals surface area (Å²) in [6.45, 7) is 3.66. The molecule has 78 valence electrons. The van der Waals surface area contributed by atoms with Crippen LogP contribution in [0.2, 0.25) is 0 Å². The number of hydrogen-bond donors (Lipinski definition) is 2. The molecule has 1 unspecified atom stereocenters. The van der Waals surface area contributed by atoms with E-state index in [0.717, 1.165) is 11.1 Å². The SMILES string of the molecule is CCC(c1ccccc1C)P(=O)(O)O. The van der Waals surface area contributed by atoms with Gasteiger partial charge in [-0.2, -0.15) is 0 Å². The van der Waals surface area contributed by atoms with Crippen LogP contribution in [0.15, 0.2) is 24.3 Å². The van der Waals surface area contributed by atoms with Crippen molar-refractivity contribution in [3.05, 3.63) is 35.4 Å². The van der Waals surface area contributed by atoms with Crippen molar-refractivity contribution in [1.29, 1.82) is 0 Å². The summed E-state index contributed by atoms with van der Waals surface area (Å²) >= 11 is 0. The van der Waals surface area contributed by atoms with E-state index in [9.17, 15) is 4.57 Å². The Morgan fingerprint density at radius 1 is 1.36 bits per heavy atom. The van der Waals surface area contributed by atoms with E-state index in [1.807, 2.05) is 19.1 Å². The Balaban J connectivity index is 3.14. The Hall–Kier alpha value is -0.630. The van der Waals surface area contributed by atoms with Crippen LogP contribution in [0.4, 0.5) is 0 Å². The Morgan fingerprint density at radius 2 is 1.93 bits per heavy atom. The van der Waals surface area contributed by atoms with Gasteiger partial charge in [0, 0.05) is 0 Å². The molecule has 1 atom stereocenters. The lowest BCUT2D eigenvalue weighted by Gasteiger charge is -2.18. The zero-order valence-electron chi connectivity index (χ0n) is 8.34. The fourth-order valence-corrected chi connectivity index (χ4v) is 2.73. The van der Waals surface area contributed by atoms with Crippen molar-refractivity contribution in [1.82, 2.24) is 0 Å². The van der Waals surface area contributed by atoms with Gasteiger partial charge in [-0.25, -0.2) is 0 Å². The zero-order valence-corrected chi connectivity index (χ0v) is 9.24. The zero-order chi connectivity index (χ0) is 10.8. The van der Waals surface area contributed by atoms with Gasteiger partial charge in [0.25, 0.3) is 0 Å². The van der Waals surface area contributed by atoms with Crippen molar-refractivity contribution < 1.29 is 14.4 Å². The standard InChI is InChI=1S/C10H15O3P/c1-3-10(14(11,12)13)9-7-5-4-6-8(9)2/h4-7,10H,3H2,1-2H3,(H2,11,12,13). The quantitative estimate of drug-likeness (QED) is 0.760. The highest BCUT2D eigenvalue weighted by atomic mass is 31.2. The number of aryl methyl sites for hydroxylation is 1. The minimum Gasteiger partial charge on any atom is -0.324 e. The number of benzene rings is 1. The second-order valence-electron chi connectivity index (χ2n) is 3.37. The number of rotatable bonds is 3. The molecule has 4 heteroatoms. The van der Waals surface area contributed by atoms with Gasteiger partial charge in [-0.05, 0) is 24.5 Å². The van der Waals surface area contributed by atoms with E-state index in [1.54, 1.807) is 19.1 Å². The van der Waals surface area contributed by atoms with E-state index in [4.69, 9.17) is 9.79 Å². The molecule has 0 aliphatic carbocycles. The maximum atomic E-state index is 11.2. The van der Waals surface area contributed by atoms with Crippen LogP contribution in [0.25, 0.3) is 0 Å². The summed E-state index contributed by atoms with van der Waals surface area (Å²) in [5.41, 5.74) is 1.02. The topological polar surface area (TPSA) is 57.5 Å². The van der Waals surface area contributed by atoms with Crippen LogP contribution < -0.4 is 0 Å². The van der Waals surface area contributed by atoms with Crippen molar-refractivity contribution in [2.75, 3.05) is 0 Å². The van der Waals surface area contributed by atoms with E-state index < -0.39 is 13.3 Å². The molecule has 0 aliphatic heterocycles. The smallest absolute Gasteiger partial charge is 0.324 e. The van der Waals surface area contributed by atoms with Crippen LogP contribution in [0.3, 0.4) is 0 Å². The van der Waals surface area contributed by atoms with Gasteiger partial charge in [0.15, 0.2) is 0 Å². The lowest BCUT2D eigenvalue weighted by atomic mass is 10.0. The predicted molar refractivity (Wildman–Crippen MR) is 56.3 cm³/mol. The molecular weight excluding hydrogens is 199 g/mol. The van der Waals surface area contributed by atoms with Crippen molar-refractivity contribution >= 4 is 7.60 Å². The molecule has 0 saturated heterocycles. The first-order chi connectivity index (χ1) is 6.46. The molecule has 0 radical (unpaired) electrons. The van der Waals surface area contributed by atoms with Crippen LogP contribution in [0, 0.1) is 6.92 Å². The first-order valence-electron chi connectivity index (χ1n) is 4.57. The van der Waals surface area contributed by atoms with Crippen LogP contribution in [0.5, 0.6) is 0 Å². The van der Waals surface area contributed by atoms with Gasteiger partial charge < -0.3 is 9.79 Å². The first-order valence-corrected chi connectivity index (χ1v) is 6.25. The van der Waals surface area contributed by atoms with E-state index in [-0.39, 0.29) is 0 Å². The van der Waals surface area contributed by atoms with Crippen molar-refractivity contribution in [3.8, 4) is 0 Å². The van der Waals surface area contributed by atoms with Gasteiger partial charge in [0.05, 0.1) is 5.66 Å². The third-order valence-corrected chi connectivity index (χ3v) is 3.80. The molecule has 0 aromatic heterocycles. The van der Waals surface area contributed by atoms with E-state index in [1.165, 1.54) is 0 Å². The van der Waals surface area contributed by atoms with Crippen LogP contribution in [-0.2, 0) is 4.57 Å². The fraction of sp³-hybridized carbons (Fsp3) is 0.400. The maximum Gasteiger partial charge on any atom is 0.332 e. The molecule has 2 N–H and O–H groups in total. The predicted octanol–water partition coefficient (Wildman–Crippen LogP) is 2.62. The maximum absolute atomic E-state index is 11.2.